The summed E-state index contributed by atoms with van der Waals surface area (Å²) in [5, 5.41) is 2.90. The SMILES string of the molecule is CCc1cc(CCNC(=O)c2cccnc2)ccc1OC. The van der Waals surface area contributed by atoms with Gasteiger partial charge in [-0.1, -0.05) is 19.1 Å². The number of nitrogens with one attached hydrogen (secondary N) is 1. The number of pyridine rings is 1. The van der Waals surface area contributed by atoms with Gasteiger partial charge >= 0.3 is 0 Å². The second kappa shape index (κ2) is 7.43. The Morgan fingerprint density at radius 3 is 2.86 bits per heavy atom. The van der Waals surface area contributed by atoms with Gasteiger partial charge in [-0.05, 0) is 42.2 Å². The quantitative estimate of drug-likeness (QED) is 0.887. The van der Waals surface area contributed by atoms with Gasteiger partial charge in [-0.25, -0.2) is 0 Å². The molecule has 21 heavy (non-hydrogen) atoms. The first-order valence-corrected chi connectivity index (χ1v) is 7.08. The Balaban J connectivity index is 1.90. The van der Waals surface area contributed by atoms with E-state index in [0.29, 0.717) is 12.1 Å². The average molecular weight is 284 g/mol. The van der Waals surface area contributed by atoms with E-state index < -0.39 is 0 Å². The lowest BCUT2D eigenvalue weighted by Crippen LogP contribution is -2.25. The fraction of sp³-hybridized carbons (Fsp3) is 0.294. The molecule has 1 aromatic carbocycles. The number of hydrogen-bond acceptors (Lipinski definition) is 3. The summed E-state index contributed by atoms with van der Waals surface area (Å²) in [6.07, 6.45) is 4.94. The second-order valence-electron chi connectivity index (χ2n) is 4.75. The van der Waals surface area contributed by atoms with Gasteiger partial charge in [0.05, 0.1) is 12.7 Å². The summed E-state index contributed by atoms with van der Waals surface area (Å²) in [7, 11) is 1.68. The van der Waals surface area contributed by atoms with Gasteiger partial charge in [0, 0.05) is 18.9 Å². The number of benzene rings is 1. The van der Waals surface area contributed by atoms with Crippen LogP contribution < -0.4 is 10.1 Å². The first kappa shape index (κ1) is 15.0. The van der Waals surface area contributed by atoms with Crippen LogP contribution in [-0.2, 0) is 12.8 Å². The molecule has 0 saturated carbocycles. The number of methoxy groups -OCH3 is 1. The predicted octanol–water partition coefficient (Wildman–Crippen LogP) is 2.63. The highest BCUT2D eigenvalue weighted by Crippen LogP contribution is 2.20. The minimum absolute atomic E-state index is 0.0904. The van der Waals surface area contributed by atoms with Crippen molar-refractivity contribution in [2.75, 3.05) is 13.7 Å². The van der Waals surface area contributed by atoms with Crippen LogP contribution in [0.25, 0.3) is 0 Å². The van der Waals surface area contributed by atoms with Gasteiger partial charge in [-0.15, -0.1) is 0 Å². The molecule has 0 aliphatic rings. The Hall–Kier alpha value is -2.36. The molecule has 0 bridgehead atoms. The molecule has 4 nitrogen and oxygen atoms in total. The lowest BCUT2D eigenvalue weighted by atomic mass is 10.1. The molecule has 0 radical (unpaired) electrons. The number of amides is 1. The third-order valence-corrected chi connectivity index (χ3v) is 3.35. The summed E-state index contributed by atoms with van der Waals surface area (Å²) in [5.41, 5.74) is 2.97. The molecule has 110 valence electrons. The van der Waals surface area contributed by atoms with E-state index in [1.807, 2.05) is 12.1 Å². The number of rotatable bonds is 6. The van der Waals surface area contributed by atoms with E-state index in [2.05, 4.69) is 23.3 Å². The second-order valence-corrected chi connectivity index (χ2v) is 4.75. The van der Waals surface area contributed by atoms with Crippen molar-refractivity contribution in [3.05, 3.63) is 59.4 Å². The van der Waals surface area contributed by atoms with Crippen molar-refractivity contribution in [3.8, 4) is 5.75 Å². The van der Waals surface area contributed by atoms with Gasteiger partial charge < -0.3 is 10.1 Å². The number of aromatic nitrogens is 1. The first-order valence-electron chi connectivity index (χ1n) is 7.08. The van der Waals surface area contributed by atoms with Crippen LogP contribution in [0.15, 0.2) is 42.7 Å². The number of ether oxygens (including phenoxy) is 1. The fourth-order valence-corrected chi connectivity index (χ4v) is 2.18. The summed E-state index contributed by atoms with van der Waals surface area (Å²) >= 11 is 0. The molecule has 0 unspecified atom stereocenters. The molecule has 0 aliphatic carbocycles. The van der Waals surface area contributed by atoms with Gasteiger partial charge in [-0.3, -0.25) is 9.78 Å². The first-order chi connectivity index (χ1) is 10.2. The van der Waals surface area contributed by atoms with Crippen LogP contribution in [0.2, 0.25) is 0 Å². The van der Waals surface area contributed by atoms with Crippen molar-refractivity contribution >= 4 is 5.91 Å². The molecule has 2 rings (SSSR count). The van der Waals surface area contributed by atoms with Crippen molar-refractivity contribution in [3.63, 3.8) is 0 Å². The number of carbonyl (C=O) groups excluding carboxylic acids is 1. The zero-order chi connectivity index (χ0) is 15.1. The van der Waals surface area contributed by atoms with Crippen LogP contribution in [0.1, 0.15) is 28.4 Å². The molecule has 0 spiro atoms. The number of hydrogen-bond donors (Lipinski definition) is 1. The van der Waals surface area contributed by atoms with Crippen LogP contribution >= 0.6 is 0 Å². The molecular formula is C17H20N2O2. The summed E-state index contributed by atoms with van der Waals surface area (Å²) in [4.78, 5) is 15.8. The van der Waals surface area contributed by atoms with Gasteiger partial charge in [-0.2, -0.15) is 0 Å². The molecule has 1 heterocycles. The molecule has 0 aliphatic heterocycles. The van der Waals surface area contributed by atoms with Crippen LogP contribution in [0.3, 0.4) is 0 Å². The monoisotopic (exact) mass is 284 g/mol. The van der Waals surface area contributed by atoms with Crippen molar-refractivity contribution < 1.29 is 9.53 Å². The Kier molecular flexibility index (Phi) is 5.32. The fourth-order valence-electron chi connectivity index (χ4n) is 2.18. The van der Waals surface area contributed by atoms with E-state index >= 15 is 0 Å². The molecular weight excluding hydrogens is 264 g/mol. The molecule has 1 amide bonds. The zero-order valence-corrected chi connectivity index (χ0v) is 12.4. The third-order valence-electron chi connectivity index (χ3n) is 3.35. The highest BCUT2D eigenvalue weighted by molar-refractivity contribution is 5.93. The number of carbonyl (C=O) groups is 1. The Labute approximate surface area is 125 Å². The standard InChI is InChI=1S/C17H20N2O2/c1-3-14-11-13(6-7-16(14)21-2)8-10-19-17(20)15-5-4-9-18-12-15/h4-7,9,11-12H,3,8,10H2,1-2H3,(H,19,20). The molecule has 1 aromatic heterocycles. The molecule has 2 aromatic rings. The highest BCUT2D eigenvalue weighted by Gasteiger charge is 2.05. The topological polar surface area (TPSA) is 51.2 Å². The molecule has 0 saturated heterocycles. The maximum absolute atomic E-state index is 11.9. The molecule has 4 heteroatoms. The van der Waals surface area contributed by atoms with Crippen molar-refractivity contribution in [1.82, 2.24) is 10.3 Å². The van der Waals surface area contributed by atoms with Gasteiger partial charge in [0.2, 0.25) is 0 Å². The van der Waals surface area contributed by atoms with Crippen LogP contribution in [0.5, 0.6) is 5.75 Å². The maximum Gasteiger partial charge on any atom is 0.252 e. The highest BCUT2D eigenvalue weighted by atomic mass is 16.5. The predicted molar refractivity (Wildman–Crippen MR) is 82.6 cm³/mol. The summed E-state index contributed by atoms with van der Waals surface area (Å²) in [6, 6.07) is 9.66. The number of aryl methyl sites for hydroxylation is 1. The van der Waals surface area contributed by atoms with E-state index in [1.165, 1.54) is 11.1 Å². The van der Waals surface area contributed by atoms with Crippen molar-refractivity contribution in [2.45, 2.75) is 19.8 Å². The van der Waals surface area contributed by atoms with Crippen molar-refractivity contribution in [2.24, 2.45) is 0 Å². The smallest absolute Gasteiger partial charge is 0.252 e. The minimum atomic E-state index is -0.0904. The van der Waals surface area contributed by atoms with Crippen molar-refractivity contribution in [1.29, 1.82) is 0 Å². The lowest BCUT2D eigenvalue weighted by molar-refractivity contribution is 0.0954. The minimum Gasteiger partial charge on any atom is -0.496 e. The lowest BCUT2D eigenvalue weighted by Gasteiger charge is -2.10. The van der Waals surface area contributed by atoms with Gasteiger partial charge in [0.1, 0.15) is 5.75 Å². The zero-order valence-electron chi connectivity index (χ0n) is 12.4. The number of nitrogens with zero attached hydrogens (tertiary/aromatic N) is 1. The van der Waals surface area contributed by atoms with E-state index in [1.54, 1.807) is 31.6 Å². The summed E-state index contributed by atoms with van der Waals surface area (Å²) in [6.45, 7) is 2.70. The summed E-state index contributed by atoms with van der Waals surface area (Å²) in [5.74, 6) is 0.827. The van der Waals surface area contributed by atoms with Crippen LogP contribution in [0.4, 0.5) is 0 Å². The molecule has 0 fully saturated rings. The van der Waals surface area contributed by atoms with Crippen LogP contribution in [0, 0.1) is 0 Å². The van der Waals surface area contributed by atoms with Gasteiger partial charge in [0.15, 0.2) is 0 Å². The van der Waals surface area contributed by atoms with E-state index in [4.69, 9.17) is 4.74 Å². The molecule has 1 N–H and O–H groups in total. The third kappa shape index (κ3) is 4.05. The maximum atomic E-state index is 11.9. The van der Waals surface area contributed by atoms with E-state index in [9.17, 15) is 4.79 Å². The normalized spacial score (nSPS) is 10.2. The average Bonchev–Trinajstić information content (AvgIpc) is 2.55. The van der Waals surface area contributed by atoms with E-state index in [0.717, 1.165) is 18.6 Å². The Morgan fingerprint density at radius 2 is 2.19 bits per heavy atom. The van der Waals surface area contributed by atoms with Crippen LogP contribution in [-0.4, -0.2) is 24.5 Å². The van der Waals surface area contributed by atoms with Gasteiger partial charge in [0.25, 0.3) is 5.91 Å². The Morgan fingerprint density at radius 1 is 1.33 bits per heavy atom. The largest absolute Gasteiger partial charge is 0.496 e. The molecule has 0 atom stereocenters. The Bertz CT molecular complexity index is 597. The van der Waals surface area contributed by atoms with E-state index in [-0.39, 0.29) is 5.91 Å². The summed E-state index contributed by atoms with van der Waals surface area (Å²) < 4.78 is 5.32.